The van der Waals surface area contributed by atoms with Gasteiger partial charge in [0.1, 0.15) is 5.69 Å². The second-order valence-electron chi connectivity index (χ2n) is 8.99. The monoisotopic (exact) mass is 674 g/mol. The Morgan fingerprint density at radius 3 is 2.44 bits per heavy atom. The molecule has 2 N–H and O–H groups in total. The van der Waals surface area contributed by atoms with E-state index in [9.17, 15) is 19.7 Å². The van der Waals surface area contributed by atoms with E-state index in [1.165, 1.54) is 30.5 Å². The van der Waals surface area contributed by atoms with Crippen LogP contribution in [0.25, 0.3) is 22.0 Å². The van der Waals surface area contributed by atoms with Gasteiger partial charge < -0.3 is 9.72 Å². The van der Waals surface area contributed by atoms with Gasteiger partial charge in [-0.3, -0.25) is 14.9 Å². The number of amides is 1. The number of fused-ring (bicyclic) bond motifs is 1. The molecule has 0 aliphatic carbocycles. The first kappa shape index (κ1) is 27.9. The van der Waals surface area contributed by atoms with Crippen molar-refractivity contribution >= 4 is 66.5 Å². The van der Waals surface area contributed by atoms with Crippen LogP contribution < -0.4 is 10.2 Å². The van der Waals surface area contributed by atoms with E-state index in [0.717, 1.165) is 27.6 Å². The van der Waals surface area contributed by atoms with E-state index in [-0.39, 0.29) is 17.0 Å². The summed E-state index contributed by atoms with van der Waals surface area (Å²) in [7, 11) is 0. The molecule has 0 atom stereocenters. The molecule has 0 bridgehead atoms. The number of hydrazone groups is 1. The maximum absolute atomic E-state index is 13.3. The lowest BCUT2D eigenvalue weighted by atomic mass is 10.0. The van der Waals surface area contributed by atoms with Gasteiger partial charge in [-0.05, 0) is 64.8 Å². The van der Waals surface area contributed by atoms with Gasteiger partial charge in [0.05, 0.1) is 21.2 Å². The van der Waals surface area contributed by atoms with E-state index in [4.69, 9.17) is 4.74 Å². The van der Waals surface area contributed by atoms with Crippen LogP contribution in [0.15, 0.2) is 99.0 Å². The zero-order valence-corrected chi connectivity index (χ0v) is 24.5. The van der Waals surface area contributed by atoms with Gasteiger partial charge in [-0.1, -0.05) is 57.9 Å². The molecule has 1 amide bonds. The van der Waals surface area contributed by atoms with Crippen LogP contribution in [-0.4, -0.2) is 28.0 Å². The van der Waals surface area contributed by atoms with Gasteiger partial charge in [-0.25, -0.2) is 10.2 Å². The molecule has 0 saturated carbocycles. The number of hydrogen-bond acceptors (Lipinski definition) is 6. The van der Waals surface area contributed by atoms with Crippen molar-refractivity contribution in [2.75, 3.05) is 0 Å². The molecular formula is C30H20Br2N4O5. The number of aromatic nitrogens is 1. The standard InChI is InChI=1S/C30H20Br2N4O5/c1-17-7-12-25-23(13-17)26(18-5-3-2-4-6-18)27(34-25)29(37)35-33-16-20-14-21(31)15-24(32)28(20)41-30(38)19-8-10-22(11-9-19)36(39)40/h2-16,34H,1H3,(H,35,37). The number of benzene rings is 4. The highest BCUT2D eigenvalue weighted by Gasteiger charge is 2.20. The van der Waals surface area contributed by atoms with E-state index in [2.05, 4.69) is 47.4 Å². The van der Waals surface area contributed by atoms with Crippen LogP contribution >= 0.6 is 31.9 Å². The van der Waals surface area contributed by atoms with Gasteiger partial charge in [0.2, 0.25) is 0 Å². The Morgan fingerprint density at radius 1 is 1.00 bits per heavy atom. The summed E-state index contributed by atoms with van der Waals surface area (Å²) in [6.45, 7) is 1.99. The molecule has 0 spiro atoms. The summed E-state index contributed by atoms with van der Waals surface area (Å²) in [5, 5.41) is 16.0. The third-order valence-electron chi connectivity index (χ3n) is 6.16. The van der Waals surface area contributed by atoms with Crippen LogP contribution in [0.3, 0.4) is 0 Å². The van der Waals surface area contributed by atoms with Crippen molar-refractivity contribution in [2.24, 2.45) is 5.10 Å². The Labute approximate surface area is 250 Å². The SMILES string of the molecule is Cc1ccc2[nH]c(C(=O)NN=Cc3cc(Br)cc(Br)c3OC(=O)c3ccc([N+](=O)[O-])cc3)c(-c3ccccc3)c2c1. The Morgan fingerprint density at radius 2 is 1.73 bits per heavy atom. The van der Waals surface area contributed by atoms with E-state index in [1.54, 1.807) is 12.1 Å². The van der Waals surface area contributed by atoms with E-state index < -0.39 is 16.8 Å². The first-order valence-electron chi connectivity index (χ1n) is 12.2. The third-order valence-corrected chi connectivity index (χ3v) is 7.21. The van der Waals surface area contributed by atoms with Gasteiger partial charge in [0.15, 0.2) is 5.75 Å². The number of esters is 1. The number of aromatic amines is 1. The lowest BCUT2D eigenvalue weighted by Crippen LogP contribution is -2.19. The number of nitrogens with zero attached hydrogens (tertiary/aromatic N) is 2. The smallest absolute Gasteiger partial charge is 0.343 e. The zero-order chi connectivity index (χ0) is 29.1. The summed E-state index contributed by atoms with van der Waals surface area (Å²) in [6, 6.07) is 24.0. The molecule has 0 saturated heterocycles. The molecule has 0 unspecified atom stereocenters. The molecule has 0 radical (unpaired) electrons. The Balaban J connectivity index is 1.42. The van der Waals surface area contributed by atoms with Crippen LogP contribution in [0.4, 0.5) is 5.69 Å². The summed E-state index contributed by atoms with van der Waals surface area (Å²) < 4.78 is 6.72. The molecule has 0 aliphatic rings. The molecule has 5 rings (SSSR count). The highest BCUT2D eigenvalue weighted by molar-refractivity contribution is 9.11. The van der Waals surface area contributed by atoms with Crippen molar-refractivity contribution in [2.45, 2.75) is 6.92 Å². The number of hydrogen-bond donors (Lipinski definition) is 2. The van der Waals surface area contributed by atoms with E-state index >= 15 is 0 Å². The molecule has 11 heteroatoms. The van der Waals surface area contributed by atoms with Crippen molar-refractivity contribution in [1.29, 1.82) is 0 Å². The lowest BCUT2D eigenvalue weighted by Gasteiger charge is -2.10. The molecular weight excluding hydrogens is 656 g/mol. The maximum Gasteiger partial charge on any atom is 0.343 e. The number of carbonyl (C=O) groups is 2. The normalized spacial score (nSPS) is 11.1. The number of nitro groups is 1. The van der Waals surface area contributed by atoms with E-state index in [1.807, 2.05) is 55.5 Å². The van der Waals surface area contributed by atoms with Crippen molar-refractivity contribution in [3.8, 4) is 16.9 Å². The number of halogens is 2. The predicted octanol–water partition coefficient (Wildman–Crippen LogP) is 7.56. The van der Waals surface area contributed by atoms with Crippen LogP contribution in [0.5, 0.6) is 5.75 Å². The second-order valence-corrected chi connectivity index (χ2v) is 10.8. The van der Waals surface area contributed by atoms with Crippen LogP contribution in [-0.2, 0) is 0 Å². The number of nitro benzene ring substituents is 1. The summed E-state index contributed by atoms with van der Waals surface area (Å²) in [6.07, 6.45) is 1.36. The molecule has 1 aromatic heterocycles. The Hall–Kier alpha value is -4.61. The number of ether oxygens (including phenoxy) is 1. The van der Waals surface area contributed by atoms with Crippen LogP contribution in [0, 0.1) is 17.0 Å². The van der Waals surface area contributed by atoms with Gasteiger partial charge in [-0.2, -0.15) is 5.10 Å². The third kappa shape index (κ3) is 6.11. The first-order chi connectivity index (χ1) is 19.7. The zero-order valence-electron chi connectivity index (χ0n) is 21.4. The number of aryl methyl sites for hydroxylation is 1. The molecule has 5 aromatic rings. The predicted molar refractivity (Wildman–Crippen MR) is 163 cm³/mol. The first-order valence-corrected chi connectivity index (χ1v) is 13.8. The summed E-state index contributed by atoms with van der Waals surface area (Å²) >= 11 is 6.81. The maximum atomic E-state index is 13.3. The molecule has 0 aliphatic heterocycles. The fourth-order valence-corrected chi connectivity index (χ4v) is 5.59. The largest absolute Gasteiger partial charge is 0.421 e. The average Bonchev–Trinajstić information content (AvgIpc) is 3.34. The molecule has 204 valence electrons. The van der Waals surface area contributed by atoms with Crippen molar-refractivity contribution in [1.82, 2.24) is 10.4 Å². The Bertz CT molecular complexity index is 1830. The van der Waals surface area contributed by atoms with Crippen molar-refractivity contribution in [3.05, 3.63) is 126 Å². The number of non-ortho nitro benzene ring substituents is 1. The van der Waals surface area contributed by atoms with Crippen molar-refractivity contribution < 1.29 is 19.2 Å². The minimum Gasteiger partial charge on any atom is -0.421 e. The molecule has 0 fully saturated rings. The highest BCUT2D eigenvalue weighted by atomic mass is 79.9. The van der Waals surface area contributed by atoms with Gasteiger partial charge >= 0.3 is 5.97 Å². The van der Waals surface area contributed by atoms with Crippen molar-refractivity contribution in [3.63, 3.8) is 0 Å². The summed E-state index contributed by atoms with van der Waals surface area (Å²) in [5.41, 5.74) is 6.83. The number of nitrogens with one attached hydrogen (secondary N) is 2. The minimum absolute atomic E-state index is 0.129. The molecule has 4 aromatic carbocycles. The number of rotatable bonds is 7. The van der Waals surface area contributed by atoms with Gasteiger partial charge in [-0.15, -0.1) is 0 Å². The van der Waals surface area contributed by atoms with Gasteiger partial charge in [0, 0.05) is 38.6 Å². The van der Waals surface area contributed by atoms with E-state index in [0.29, 0.717) is 20.2 Å². The highest BCUT2D eigenvalue weighted by Crippen LogP contribution is 2.34. The number of carbonyl (C=O) groups excluding carboxylic acids is 2. The average molecular weight is 676 g/mol. The molecule has 1 heterocycles. The van der Waals surface area contributed by atoms with Gasteiger partial charge in [0.25, 0.3) is 11.6 Å². The fourth-order valence-electron chi connectivity index (χ4n) is 4.25. The summed E-state index contributed by atoms with van der Waals surface area (Å²) in [4.78, 5) is 39.7. The molecule has 41 heavy (non-hydrogen) atoms. The second kappa shape index (κ2) is 11.9. The summed E-state index contributed by atoms with van der Waals surface area (Å²) in [5.74, 6) is -1.02. The minimum atomic E-state index is -0.720. The quantitative estimate of drug-likeness (QED) is 0.0605. The Kier molecular flexibility index (Phi) is 8.09. The lowest BCUT2D eigenvalue weighted by molar-refractivity contribution is -0.384. The topological polar surface area (TPSA) is 127 Å². The fraction of sp³-hybridized carbons (Fsp3) is 0.0333. The van der Waals surface area contributed by atoms with Crippen LogP contribution in [0.2, 0.25) is 0 Å². The number of H-pyrrole nitrogens is 1. The van der Waals surface area contributed by atoms with Crippen LogP contribution in [0.1, 0.15) is 32.0 Å². The molecule has 9 nitrogen and oxygen atoms in total.